The fraction of sp³-hybridized carbons (Fsp3) is 0.375. The Morgan fingerprint density at radius 1 is 1.09 bits per heavy atom. The number of rotatable bonds is 7. The number of hydrogen-bond acceptors (Lipinski definition) is 3. The van der Waals surface area contributed by atoms with Gasteiger partial charge in [-0.05, 0) is 56.0 Å². The minimum Gasteiger partial charge on any atom is -0.231 e. The molecule has 33 heavy (non-hydrogen) atoms. The van der Waals surface area contributed by atoms with E-state index < -0.39 is 10.0 Å². The van der Waals surface area contributed by atoms with Crippen LogP contribution in [0.15, 0.2) is 46.9 Å². The average molecular weight is 571 g/mol. The molecule has 4 rings (SSSR count). The van der Waals surface area contributed by atoms with Crippen LogP contribution in [0.1, 0.15) is 43.4 Å². The quantitative estimate of drug-likeness (QED) is 0.335. The van der Waals surface area contributed by atoms with Crippen LogP contribution in [0.5, 0.6) is 0 Å². The predicted octanol–water partition coefficient (Wildman–Crippen LogP) is 6.92. The third kappa shape index (κ3) is 6.01. The Labute approximate surface area is 213 Å². The summed E-state index contributed by atoms with van der Waals surface area (Å²) >= 11 is 16.1. The van der Waals surface area contributed by atoms with E-state index in [4.69, 9.17) is 28.3 Å². The summed E-state index contributed by atoms with van der Waals surface area (Å²) < 4.78 is 31.0. The van der Waals surface area contributed by atoms with Crippen molar-refractivity contribution in [1.29, 1.82) is 0 Å². The summed E-state index contributed by atoms with van der Waals surface area (Å²) in [5.74, 6) is 0.413. The van der Waals surface area contributed by atoms with E-state index in [9.17, 15) is 8.42 Å². The lowest BCUT2D eigenvalue weighted by atomic mass is 9.91. The molecule has 0 atom stereocenters. The Hall–Kier alpha value is -1.38. The Morgan fingerprint density at radius 3 is 2.45 bits per heavy atom. The van der Waals surface area contributed by atoms with Gasteiger partial charge in [0.25, 0.3) is 0 Å². The number of nitrogens with one attached hydrogen (secondary N) is 1. The highest BCUT2D eigenvalue weighted by Gasteiger charge is 2.23. The molecule has 1 fully saturated rings. The normalized spacial score (nSPS) is 15.2. The van der Waals surface area contributed by atoms with E-state index in [1.807, 2.05) is 37.3 Å². The molecular formula is C24H26BrCl2N3O2S. The summed E-state index contributed by atoms with van der Waals surface area (Å²) in [6.07, 6.45) is 5.39. The van der Waals surface area contributed by atoms with Gasteiger partial charge in [-0.2, -0.15) is 5.10 Å². The van der Waals surface area contributed by atoms with Gasteiger partial charge in [-0.1, -0.05) is 70.5 Å². The minimum atomic E-state index is -3.40. The van der Waals surface area contributed by atoms with Crippen LogP contribution in [-0.2, 0) is 16.6 Å². The van der Waals surface area contributed by atoms with Gasteiger partial charge >= 0.3 is 0 Å². The van der Waals surface area contributed by atoms with E-state index in [-0.39, 0.29) is 18.2 Å². The molecule has 0 bridgehead atoms. The van der Waals surface area contributed by atoms with Gasteiger partial charge in [0, 0.05) is 20.6 Å². The molecule has 0 radical (unpaired) electrons. The standard InChI is InChI=1S/C24H26BrCl2N3O2S/c1-16-22(14-28-33(31,32)15-17-5-3-2-4-6-17)29-30(23-12-11-20(26)13-21(23)27)24(16)18-7-9-19(25)10-8-18/h7-13,17,28H,2-6,14-15H2,1H3. The van der Waals surface area contributed by atoms with Crippen LogP contribution >= 0.6 is 39.1 Å². The highest BCUT2D eigenvalue weighted by atomic mass is 79.9. The van der Waals surface area contributed by atoms with Crippen molar-refractivity contribution in [2.24, 2.45) is 5.92 Å². The monoisotopic (exact) mass is 569 g/mol. The molecule has 1 heterocycles. The van der Waals surface area contributed by atoms with Crippen LogP contribution < -0.4 is 4.72 Å². The Bertz CT molecular complexity index is 1240. The van der Waals surface area contributed by atoms with Gasteiger partial charge in [-0.3, -0.25) is 0 Å². The molecule has 1 aliphatic rings. The van der Waals surface area contributed by atoms with Gasteiger partial charge in [0.1, 0.15) is 0 Å². The smallest absolute Gasteiger partial charge is 0.212 e. The van der Waals surface area contributed by atoms with Crippen molar-refractivity contribution >= 4 is 49.2 Å². The molecule has 0 aliphatic heterocycles. The molecule has 9 heteroatoms. The predicted molar refractivity (Wildman–Crippen MR) is 139 cm³/mol. The lowest BCUT2D eigenvalue weighted by molar-refractivity contribution is 0.384. The van der Waals surface area contributed by atoms with Crippen molar-refractivity contribution in [1.82, 2.24) is 14.5 Å². The van der Waals surface area contributed by atoms with Gasteiger partial charge in [-0.15, -0.1) is 0 Å². The van der Waals surface area contributed by atoms with Gasteiger partial charge in [0.15, 0.2) is 0 Å². The molecule has 3 aromatic rings. The number of hydrogen-bond donors (Lipinski definition) is 1. The molecule has 1 aliphatic carbocycles. The van der Waals surface area contributed by atoms with Gasteiger partial charge in [0.2, 0.25) is 10.0 Å². The van der Waals surface area contributed by atoms with Crippen molar-refractivity contribution in [2.75, 3.05) is 5.75 Å². The van der Waals surface area contributed by atoms with Crippen LogP contribution in [0.25, 0.3) is 16.9 Å². The van der Waals surface area contributed by atoms with Crippen LogP contribution in [0.3, 0.4) is 0 Å². The largest absolute Gasteiger partial charge is 0.231 e. The number of halogens is 3. The topological polar surface area (TPSA) is 64.0 Å². The summed E-state index contributed by atoms with van der Waals surface area (Å²) in [5, 5.41) is 5.77. The van der Waals surface area contributed by atoms with E-state index in [1.165, 1.54) is 6.42 Å². The van der Waals surface area contributed by atoms with Gasteiger partial charge in [-0.25, -0.2) is 17.8 Å². The van der Waals surface area contributed by atoms with Crippen molar-refractivity contribution < 1.29 is 8.42 Å². The molecule has 176 valence electrons. The molecule has 2 aromatic carbocycles. The first-order valence-corrected chi connectivity index (χ1v) is 14.2. The zero-order chi connectivity index (χ0) is 23.6. The second kappa shape index (κ2) is 10.5. The lowest BCUT2D eigenvalue weighted by Crippen LogP contribution is -2.30. The van der Waals surface area contributed by atoms with E-state index in [1.54, 1.807) is 16.8 Å². The van der Waals surface area contributed by atoms with E-state index in [2.05, 4.69) is 20.7 Å². The fourth-order valence-corrected chi connectivity index (χ4v) is 6.57. The molecule has 1 saturated carbocycles. The zero-order valence-electron chi connectivity index (χ0n) is 18.3. The summed E-state index contributed by atoms with van der Waals surface area (Å²) in [6.45, 7) is 2.08. The molecule has 0 amide bonds. The van der Waals surface area contributed by atoms with Crippen LogP contribution in [0.2, 0.25) is 10.0 Å². The van der Waals surface area contributed by atoms with Crippen molar-refractivity contribution in [2.45, 2.75) is 45.6 Å². The van der Waals surface area contributed by atoms with E-state index >= 15 is 0 Å². The number of aromatic nitrogens is 2. The minimum absolute atomic E-state index is 0.128. The molecule has 1 N–H and O–H groups in total. The maximum atomic E-state index is 12.8. The molecule has 0 saturated heterocycles. The first kappa shape index (κ1) is 24.7. The Kier molecular flexibility index (Phi) is 7.86. The third-order valence-corrected chi connectivity index (χ3v) is 8.68. The van der Waals surface area contributed by atoms with Crippen LogP contribution in [-0.4, -0.2) is 24.0 Å². The average Bonchev–Trinajstić information content (AvgIpc) is 3.09. The first-order chi connectivity index (χ1) is 15.7. The third-order valence-electron chi connectivity index (χ3n) is 6.12. The molecule has 1 aromatic heterocycles. The molecule has 5 nitrogen and oxygen atoms in total. The first-order valence-electron chi connectivity index (χ1n) is 11.0. The summed E-state index contributed by atoms with van der Waals surface area (Å²) in [5.41, 5.74) is 4.03. The fourth-order valence-electron chi connectivity index (χ4n) is 4.38. The second-order valence-corrected chi connectivity index (χ2v) is 12.2. The number of benzene rings is 2. The zero-order valence-corrected chi connectivity index (χ0v) is 22.2. The molecular weight excluding hydrogens is 545 g/mol. The second-order valence-electron chi connectivity index (χ2n) is 8.54. The van der Waals surface area contributed by atoms with Crippen molar-refractivity contribution in [3.63, 3.8) is 0 Å². The van der Waals surface area contributed by atoms with Crippen LogP contribution in [0.4, 0.5) is 0 Å². The molecule has 0 unspecified atom stereocenters. The lowest BCUT2D eigenvalue weighted by Gasteiger charge is -2.21. The van der Waals surface area contributed by atoms with Gasteiger partial charge in [0.05, 0.1) is 34.4 Å². The maximum absolute atomic E-state index is 12.8. The van der Waals surface area contributed by atoms with Crippen LogP contribution in [0, 0.1) is 12.8 Å². The number of sulfonamides is 1. The van der Waals surface area contributed by atoms with E-state index in [0.29, 0.717) is 21.4 Å². The summed E-state index contributed by atoms with van der Waals surface area (Å²) in [6, 6.07) is 13.2. The summed E-state index contributed by atoms with van der Waals surface area (Å²) in [7, 11) is -3.40. The Balaban J connectivity index is 1.66. The SMILES string of the molecule is Cc1c(CNS(=O)(=O)CC2CCCCC2)nn(-c2ccc(Cl)cc2Cl)c1-c1ccc(Br)cc1. The number of nitrogens with zero attached hydrogens (tertiary/aromatic N) is 2. The van der Waals surface area contributed by atoms with Crippen molar-refractivity contribution in [3.05, 3.63) is 68.2 Å². The highest BCUT2D eigenvalue weighted by molar-refractivity contribution is 9.10. The van der Waals surface area contributed by atoms with Gasteiger partial charge < -0.3 is 0 Å². The highest BCUT2D eigenvalue weighted by Crippen LogP contribution is 2.33. The maximum Gasteiger partial charge on any atom is 0.212 e. The summed E-state index contributed by atoms with van der Waals surface area (Å²) in [4.78, 5) is 0. The Morgan fingerprint density at radius 2 is 1.79 bits per heavy atom. The van der Waals surface area contributed by atoms with Crippen molar-refractivity contribution in [3.8, 4) is 16.9 Å². The van der Waals surface area contributed by atoms with E-state index in [0.717, 1.165) is 47.0 Å². The molecule has 0 spiro atoms.